The van der Waals surface area contributed by atoms with Crippen molar-refractivity contribution in [2.24, 2.45) is 0 Å². The highest BCUT2D eigenvalue weighted by Gasteiger charge is 2.19. The van der Waals surface area contributed by atoms with E-state index in [0.29, 0.717) is 10.2 Å². The molecule has 4 nitrogen and oxygen atoms in total. The molecule has 5 heteroatoms. The molecule has 0 aliphatic carbocycles. The number of anilines is 1. The fourth-order valence-corrected chi connectivity index (χ4v) is 3.83. The third-order valence-corrected chi connectivity index (χ3v) is 5.40. The van der Waals surface area contributed by atoms with E-state index < -0.39 is 0 Å². The van der Waals surface area contributed by atoms with E-state index in [1.807, 2.05) is 12.1 Å². The van der Waals surface area contributed by atoms with Crippen molar-refractivity contribution in [1.82, 2.24) is 4.90 Å². The molecule has 0 aromatic heterocycles. The molecular weight excluding hydrogens is 380 g/mol. The van der Waals surface area contributed by atoms with Gasteiger partial charge in [-0.1, -0.05) is 12.1 Å². The number of nitrogens with zero attached hydrogens (tertiary/aromatic N) is 2. The van der Waals surface area contributed by atoms with E-state index in [9.17, 15) is 5.11 Å². The van der Waals surface area contributed by atoms with Gasteiger partial charge in [-0.15, -0.1) is 0 Å². The van der Waals surface area contributed by atoms with Gasteiger partial charge in [-0.2, -0.15) is 0 Å². The number of ether oxygens (including phenoxy) is 1. The molecule has 0 saturated carbocycles. The van der Waals surface area contributed by atoms with E-state index in [1.54, 1.807) is 7.11 Å². The van der Waals surface area contributed by atoms with Gasteiger partial charge < -0.3 is 14.7 Å². The van der Waals surface area contributed by atoms with Crippen LogP contribution in [0, 0.1) is 13.8 Å². The van der Waals surface area contributed by atoms with Crippen LogP contribution in [0.4, 0.5) is 5.69 Å². The molecule has 0 atom stereocenters. The van der Waals surface area contributed by atoms with Crippen molar-refractivity contribution in [3.63, 3.8) is 0 Å². The highest BCUT2D eigenvalue weighted by atomic mass is 79.9. The van der Waals surface area contributed by atoms with Crippen molar-refractivity contribution in [1.29, 1.82) is 0 Å². The van der Waals surface area contributed by atoms with Crippen molar-refractivity contribution < 1.29 is 9.84 Å². The fourth-order valence-electron chi connectivity index (χ4n) is 3.34. The van der Waals surface area contributed by atoms with Gasteiger partial charge in [-0.3, -0.25) is 4.90 Å². The molecule has 0 amide bonds. The van der Waals surface area contributed by atoms with Gasteiger partial charge in [0.25, 0.3) is 0 Å². The topological polar surface area (TPSA) is 35.9 Å². The lowest BCUT2D eigenvalue weighted by atomic mass is 10.1. The van der Waals surface area contributed by atoms with Crippen molar-refractivity contribution in [2.45, 2.75) is 20.4 Å². The van der Waals surface area contributed by atoms with Gasteiger partial charge >= 0.3 is 0 Å². The number of hydrogen-bond donors (Lipinski definition) is 1. The smallest absolute Gasteiger partial charge is 0.172 e. The third kappa shape index (κ3) is 4.10. The van der Waals surface area contributed by atoms with Crippen LogP contribution in [0.2, 0.25) is 0 Å². The Labute approximate surface area is 158 Å². The summed E-state index contributed by atoms with van der Waals surface area (Å²) in [5, 5.41) is 9.94. The first-order chi connectivity index (χ1) is 12.0. The molecule has 1 N–H and O–H groups in total. The third-order valence-electron chi connectivity index (χ3n) is 4.79. The molecule has 0 spiro atoms. The molecule has 134 valence electrons. The monoisotopic (exact) mass is 404 g/mol. The minimum atomic E-state index is 0.158. The Morgan fingerprint density at radius 3 is 2.48 bits per heavy atom. The highest BCUT2D eigenvalue weighted by molar-refractivity contribution is 9.10. The normalized spacial score (nSPS) is 15.4. The summed E-state index contributed by atoms with van der Waals surface area (Å²) >= 11 is 3.40. The van der Waals surface area contributed by atoms with Crippen LogP contribution in [0.15, 0.2) is 34.8 Å². The second-order valence-electron chi connectivity index (χ2n) is 6.68. The Bertz CT molecular complexity index is 756. The fraction of sp³-hybridized carbons (Fsp3) is 0.400. The number of halogens is 1. The molecule has 0 bridgehead atoms. The first kappa shape index (κ1) is 18.1. The summed E-state index contributed by atoms with van der Waals surface area (Å²) in [5.41, 5.74) is 5.14. The molecule has 1 aliphatic rings. The van der Waals surface area contributed by atoms with Crippen molar-refractivity contribution >= 4 is 21.6 Å². The second-order valence-corrected chi connectivity index (χ2v) is 7.54. The summed E-state index contributed by atoms with van der Waals surface area (Å²) in [6, 6.07) is 10.5. The number of hydrogen-bond acceptors (Lipinski definition) is 4. The average molecular weight is 405 g/mol. The second kappa shape index (κ2) is 7.67. The Hall–Kier alpha value is -1.72. The number of rotatable bonds is 4. The molecule has 1 aliphatic heterocycles. The highest BCUT2D eigenvalue weighted by Crippen LogP contribution is 2.35. The summed E-state index contributed by atoms with van der Waals surface area (Å²) in [6.45, 7) is 9.29. The first-order valence-electron chi connectivity index (χ1n) is 8.58. The van der Waals surface area contributed by atoms with E-state index in [1.165, 1.54) is 16.8 Å². The molecule has 0 unspecified atom stereocenters. The van der Waals surface area contributed by atoms with Crippen LogP contribution in [0.3, 0.4) is 0 Å². The summed E-state index contributed by atoms with van der Waals surface area (Å²) in [6.07, 6.45) is 0. The maximum atomic E-state index is 9.94. The van der Waals surface area contributed by atoms with Crippen LogP contribution < -0.4 is 9.64 Å². The number of phenolic OH excluding ortho intramolecular Hbond substituents is 1. The molecule has 1 saturated heterocycles. The molecule has 1 fully saturated rings. The molecule has 1 heterocycles. The van der Waals surface area contributed by atoms with Crippen LogP contribution >= 0.6 is 15.9 Å². The van der Waals surface area contributed by atoms with E-state index >= 15 is 0 Å². The van der Waals surface area contributed by atoms with Crippen LogP contribution in [-0.2, 0) is 6.54 Å². The predicted octanol–water partition coefficient (Wildman–Crippen LogP) is 4.10. The number of methoxy groups -OCH3 is 1. The quantitative estimate of drug-likeness (QED) is 0.831. The molecule has 2 aromatic carbocycles. The van der Waals surface area contributed by atoms with Crippen LogP contribution in [-0.4, -0.2) is 43.3 Å². The van der Waals surface area contributed by atoms with Crippen LogP contribution in [0.25, 0.3) is 0 Å². The number of phenols is 1. The zero-order valence-electron chi connectivity index (χ0n) is 15.1. The van der Waals surface area contributed by atoms with Gasteiger partial charge in [-0.05, 0) is 64.7 Å². The summed E-state index contributed by atoms with van der Waals surface area (Å²) < 4.78 is 5.92. The molecule has 2 aromatic rings. The lowest BCUT2D eigenvalue weighted by Crippen LogP contribution is -2.46. The van der Waals surface area contributed by atoms with Crippen molar-refractivity contribution in [3.8, 4) is 11.5 Å². The lowest BCUT2D eigenvalue weighted by molar-refractivity contribution is 0.249. The van der Waals surface area contributed by atoms with E-state index in [2.05, 4.69) is 57.8 Å². The number of aromatic hydroxyl groups is 1. The van der Waals surface area contributed by atoms with Crippen molar-refractivity contribution in [3.05, 3.63) is 51.5 Å². The number of piperazine rings is 1. The molecule has 3 rings (SSSR count). The zero-order chi connectivity index (χ0) is 18.0. The van der Waals surface area contributed by atoms with Crippen LogP contribution in [0.1, 0.15) is 16.7 Å². The standard InChI is InChI=1S/C20H25BrN2O2/c1-14-4-5-15(2)18(10-14)23-8-6-22(7-9-23)13-16-11-17(21)20(24)19(12-16)25-3/h4-5,10-12,24H,6-9,13H2,1-3H3. The van der Waals surface area contributed by atoms with Gasteiger partial charge in [0.1, 0.15) is 0 Å². The van der Waals surface area contributed by atoms with Gasteiger partial charge in [0.15, 0.2) is 11.5 Å². The van der Waals surface area contributed by atoms with Crippen molar-refractivity contribution in [2.75, 3.05) is 38.2 Å². The Kier molecular flexibility index (Phi) is 5.54. The van der Waals surface area contributed by atoms with Crippen LogP contribution in [0.5, 0.6) is 11.5 Å². The van der Waals surface area contributed by atoms with Gasteiger partial charge in [-0.25, -0.2) is 0 Å². The van der Waals surface area contributed by atoms with E-state index in [0.717, 1.165) is 38.3 Å². The minimum absolute atomic E-state index is 0.158. The molecule has 0 radical (unpaired) electrons. The molecular formula is C20H25BrN2O2. The van der Waals surface area contributed by atoms with E-state index in [-0.39, 0.29) is 5.75 Å². The Morgan fingerprint density at radius 1 is 1.08 bits per heavy atom. The number of benzene rings is 2. The zero-order valence-corrected chi connectivity index (χ0v) is 16.6. The summed E-state index contributed by atoms with van der Waals surface area (Å²) in [5.74, 6) is 0.671. The van der Waals surface area contributed by atoms with Gasteiger partial charge in [0, 0.05) is 38.4 Å². The Balaban J connectivity index is 1.65. The first-order valence-corrected chi connectivity index (χ1v) is 9.37. The van der Waals surface area contributed by atoms with Gasteiger partial charge in [0.2, 0.25) is 0 Å². The Morgan fingerprint density at radius 2 is 1.80 bits per heavy atom. The van der Waals surface area contributed by atoms with Gasteiger partial charge in [0.05, 0.1) is 11.6 Å². The summed E-state index contributed by atoms with van der Waals surface area (Å²) in [7, 11) is 1.58. The minimum Gasteiger partial charge on any atom is -0.503 e. The molecule has 25 heavy (non-hydrogen) atoms. The maximum Gasteiger partial charge on any atom is 0.172 e. The largest absolute Gasteiger partial charge is 0.503 e. The maximum absolute atomic E-state index is 9.94. The SMILES string of the molecule is COc1cc(CN2CCN(c3cc(C)ccc3C)CC2)cc(Br)c1O. The number of aryl methyl sites for hydroxylation is 2. The average Bonchev–Trinajstić information content (AvgIpc) is 2.61. The summed E-state index contributed by atoms with van der Waals surface area (Å²) in [4.78, 5) is 4.92. The van der Waals surface area contributed by atoms with E-state index in [4.69, 9.17) is 4.74 Å². The predicted molar refractivity (Wildman–Crippen MR) is 106 cm³/mol. The lowest BCUT2D eigenvalue weighted by Gasteiger charge is -2.37.